The first-order valence-corrected chi connectivity index (χ1v) is 7.24. The van der Waals surface area contributed by atoms with E-state index >= 15 is 0 Å². The molecular formula is C14H16Cl2N2O4. The summed E-state index contributed by atoms with van der Waals surface area (Å²) in [7, 11) is 0. The van der Waals surface area contributed by atoms with Crippen molar-refractivity contribution < 1.29 is 19.1 Å². The maximum Gasteiger partial charge on any atom is 0.340 e. The van der Waals surface area contributed by atoms with E-state index in [4.69, 9.17) is 27.9 Å². The third-order valence-electron chi connectivity index (χ3n) is 2.48. The predicted molar refractivity (Wildman–Crippen MR) is 83.1 cm³/mol. The van der Waals surface area contributed by atoms with E-state index in [9.17, 15) is 14.4 Å². The molecule has 1 aromatic carbocycles. The Morgan fingerprint density at radius 2 is 1.77 bits per heavy atom. The van der Waals surface area contributed by atoms with E-state index in [2.05, 4.69) is 10.6 Å². The first-order chi connectivity index (χ1) is 10.2. The minimum atomic E-state index is -1.17. The number of ether oxygens (including phenoxy) is 1. The number of rotatable bonds is 4. The number of urea groups is 1. The van der Waals surface area contributed by atoms with Gasteiger partial charge in [0.15, 0.2) is 6.10 Å². The minimum Gasteiger partial charge on any atom is -0.449 e. The molecule has 6 nitrogen and oxygen atoms in total. The van der Waals surface area contributed by atoms with E-state index in [1.807, 2.05) is 0 Å². The van der Waals surface area contributed by atoms with Gasteiger partial charge in [-0.3, -0.25) is 10.1 Å². The molecule has 0 spiro atoms. The summed E-state index contributed by atoms with van der Waals surface area (Å²) in [6.07, 6.45) is -1.17. The zero-order valence-electron chi connectivity index (χ0n) is 12.3. The summed E-state index contributed by atoms with van der Waals surface area (Å²) in [5, 5.41) is 4.79. The van der Waals surface area contributed by atoms with Crippen LogP contribution in [0, 0.1) is 0 Å². The van der Waals surface area contributed by atoms with Crippen LogP contribution in [0.3, 0.4) is 0 Å². The van der Waals surface area contributed by atoms with Crippen LogP contribution in [0.4, 0.5) is 4.79 Å². The average molecular weight is 347 g/mol. The molecule has 0 fully saturated rings. The number of hydrogen-bond acceptors (Lipinski definition) is 4. The lowest BCUT2D eigenvalue weighted by atomic mass is 10.2. The van der Waals surface area contributed by atoms with Gasteiger partial charge >= 0.3 is 12.0 Å². The zero-order valence-corrected chi connectivity index (χ0v) is 13.8. The summed E-state index contributed by atoms with van der Waals surface area (Å²) < 4.78 is 4.97. The summed E-state index contributed by atoms with van der Waals surface area (Å²) in [5.74, 6) is -1.55. The van der Waals surface area contributed by atoms with Gasteiger partial charge in [-0.15, -0.1) is 0 Å². The smallest absolute Gasteiger partial charge is 0.340 e. The van der Waals surface area contributed by atoms with E-state index in [1.54, 1.807) is 13.8 Å². The molecule has 120 valence electrons. The first-order valence-electron chi connectivity index (χ1n) is 6.48. The molecule has 2 N–H and O–H groups in total. The number of hydrogen-bond donors (Lipinski definition) is 2. The second-order valence-corrected chi connectivity index (χ2v) is 5.55. The van der Waals surface area contributed by atoms with Crippen LogP contribution in [0.5, 0.6) is 0 Å². The van der Waals surface area contributed by atoms with Crippen molar-refractivity contribution in [3.05, 3.63) is 33.8 Å². The normalized spacial score (nSPS) is 11.7. The van der Waals surface area contributed by atoms with Gasteiger partial charge in [-0.05, 0) is 32.9 Å². The number of nitrogens with one attached hydrogen (secondary N) is 2. The van der Waals surface area contributed by atoms with Gasteiger partial charge in [0.1, 0.15) is 0 Å². The fraction of sp³-hybridized carbons (Fsp3) is 0.357. The van der Waals surface area contributed by atoms with Gasteiger partial charge in [0.25, 0.3) is 5.91 Å². The standard InChI is InChI=1S/C14H16Cl2N2O4/c1-7(2)17-14(21)18-12(19)8(3)22-13(20)9-5-4-6-10(15)11(9)16/h4-8H,1-3H3,(H2,17,18,19,21). The van der Waals surface area contributed by atoms with Crippen molar-refractivity contribution >= 4 is 41.1 Å². The van der Waals surface area contributed by atoms with Crippen molar-refractivity contribution in [2.45, 2.75) is 32.9 Å². The third kappa shape index (κ3) is 5.20. The average Bonchev–Trinajstić information content (AvgIpc) is 2.40. The molecule has 0 aromatic heterocycles. The number of carbonyl (C=O) groups is 3. The summed E-state index contributed by atoms with van der Waals surface area (Å²) in [4.78, 5) is 35.1. The molecule has 0 saturated heterocycles. The number of benzene rings is 1. The molecule has 1 rings (SSSR count). The highest BCUT2D eigenvalue weighted by molar-refractivity contribution is 6.43. The number of halogens is 2. The maximum absolute atomic E-state index is 12.0. The highest BCUT2D eigenvalue weighted by Crippen LogP contribution is 2.26. The molecule has 0 saturated carbocycles. The molecule has 0 bridgehead atoms. The number of esters is 1. The fourth-order valence-corrected chi connectivity index (χ4v) is 1.83. The highest BCUT2D eigenvalue weighted by atomic mass is 35.5. The quantitative estimate of drug-likeness (QED) is 0.821. The van der Waals surface area contributed by atoms with Crippen molar-refractivity contribution in [1.82, 2.24) is 10.6 Å². The highest BCUT2D eigenvalue weighted by Gasteiger charge is 2.22. The van der Waals surface area contributed by atoms with Crippen LogP contribution < -0.4 is 10.6 Å². The molecule has 0 aliphatic heterocycles. The molecular weight excluding hydrogens is 331 g/mol. The van der Waals surface area contributed by atoms with Crippen LogP contribution in [0.2, 0.25) is 10.0 Å². The summed E-state index contributed by atoms with van der Waals surface area (Å²) in [6.45, 7) is 4.83. The van der Waals surface area contributed by atoms with Crippen molar-refractivity contribution in [1.29, 1.82) is 0 Å². The molecule has 1 aromatic rings. The monoisotopic (exact) mass is 346 g/mol. The van der Waals surface area contributed by atoms with Crippen molar-refractivity contribution in [2.24, 2.45) is 0 Å². The van der Waals surface area contributed by atoms with Gasteiger partial charge in [0.2, 0.25) is 0 Å². The Kier molecular flexibility index (Phi) is 6.64. The molecule has 8 heteroatoms. The number of carbonyl (C=O) groups excluding carboxylic acids is 3. The molecule has 0 aliphatic carbocycles. The third-order valence-corrected chi connectivity index (χ3v) is 3.30. The van der Waals surface area contributed by atoms with Crippen molar-refractivity contribution in [3.8, 4) is 0 Å². The Labute approximate surface area is 138 Å². The van der Waals surface area contributed by atoms with Crippen LogP contribution in [-0.2, 0) is 9.53 Å². The largest absolute Gasteiger partial charge is 0.449 e. The van der Waals surface area contributed by atoms with Crippen LogP contribution in [0.1, 0.15) is 31.1 Å². The van der Waals surface area contributed by atoms with Gasteiger partial charge in [0.05, 0.1) is 15.6 Å². The number of amides is 3. The van der Waals surface area contributed by atoms with Crippen LogP contribution in [-0.4, -0.2) is 30.1 Å². The van der Waals surface area contributed by atoms with E-state index in [-0.39, 0.29) is 21.7 Å². The molecule has 3 amide bonds. The van der Waals surface area contributed by atoms with Crippen LogP contribution >= 0.6 is 23.2 Å². The van der Waals surface area contributed by atoms with E-state index < -0.39 is 24.0 Å². The molecule has 1 atom stereocenters. The molecule has 0 radical (unpaired) electrons. The fourth-order valence-electron chi connectivity index (χ4n) is 1.45. The van der Waals surface area contributed by atoms with Crippen molar-refractivity contribution in [3.63, 3.8) is 0 Å². The Hall–Kier alpha value is -1.79. The zero-order chi connectivity index (χ0) is 16.9. The van der Waals surface area contributed by atoms with Crippen molar-refractivity contribution in [2.75, 3.05) is 0 Å². The van der Waals surface area contributed by atoms with Crippen LogP contribution in [0.25, 0.3) is 0 Å². The summed E-state index contributed by atoms with van der Waals surface area (Å²) >= 11 is 11.7. The Balaban J connectivity index is 2.66. The molecule has 0 aliphatic rings. The molecule has 1 unspecified atom stereocenters. The van der Waals surface area contributed by atoms with Crippen LogP contribution in [0.15, 0.2) is 18.2 Å². The van der Waals surface area contributed by atoms with E-state index in [1.165, 1.54) is 25.1 Å². The van der Waals surface area contributed by atoms with Gasteiger partial charge < -0.3 is 10.1 Å². The second kappa shape index (κ2) is 8.00. The lowest BCUT2D eigenvalue weighted by Crippen LogP contribution is -2.46. The lowest BCUT2D eigenvalue weighted by molar-refractivity contribution is -0.127. The molecule has 0 heterocycles. The first kappa shape index (κ1) is 18.3. The predicted octanol–water partition coefficient (Wildman–Crippen LogP) is 2.77. The Bertz CT molecular complexity index is 590. The number of imide groups is 1. The van der Waals surface area contributed by atoms with Gasteiger partial charge in [-0.25, -0.2) is 9.59 Å². The maximum atomic E-state index is 12.0. The topological polar surface area (TPSA) is 84.5 Å². The summed E-state index contributed by atoms with van der Waals surface area (Å²) in [6, 6.07) is 3.69. The lowest BCUT2D eigenvalue weighted by Gasteiger charge is -2.15. The SMILES string of the molecule is CC(C)NC(=O)NC(=O)C(C)OC(=O)c1cccc(Cl)c1Cl. The van der Waals surface area contributed by atoms with E-state index in [0.717, 1.165) is 0 Å². The summed E-state index contributed by atoms with van der Waals surface area (Å²) in [5.41, 5.74) is 0.0421. The Morgan fingerprint density at radius 3 is 2.36 bits per heavy atom. The van der Waals surface area contributed by atoms with E-state index in [0.29, 0.717) is 0 Å². The molecule has 22 heavy (non-hydrogen) atoms. The van der Waals surface area contributed by atoms with Gasteiger partial charge in [-0.1, -0.05) is 29.3 Å². The van der Waals surface area contributed by atoms with Gasteiger partial charge in [-0.2, -0.15) is 0 Å². The minimum absolute atomic E-state index is 0.0410. The second-order valence-electron chi connectivity index (χ2n) is 4.77. The Morgan fingerprint density at radius 1 is 1.14 bits per heavy atom. The van der Waals surface area contributed by atoms with Gasteiger partial charge in [0, 0.05) is 6.04 Å².